The van der Waals surface area contributed by atoms with Gasteiger partial charge in [0.05, 0.1) is 12.7 Å². The van der Waals surface area contributed by atoms with Gasteiger partial charge in [0.25, 0.3) is 0 Å². The fraction of sp³-hybridized carbons (Fsp3) is 1.00. The van der Waals surface area contributed by atoms with Gasteiger partial charge in [-0.05, 0) is 26.7 Å². The summed E-state index contributed by atoms with van der Waals surface area (Å²) in [6.45, 7) is 4.84. The lowest BCUT2D eigenvalue weighted by Crippen LogP contribution is -2.42. The fourth-order valence-electron chi connectivity index (χ4n) is 1.90. The first-order chi connectivity index (χ1) is 6.89. The van der Waals surface area contributed by atoms with Crippen LogP contribution < -0.4 is 5.73 Å². The molecule has 1 fully saturated rings. The largest absolute Gasteiger partial charge is 0.378 e. The molecular formula is C11H21F2NO. The maximum atomic E-state index is 13.0. The Morgan fingerprint density at radius 1 is 1.20 bits per heavy atom. The van der Waals surface area contributed by atoms with Crippen LogP contribution in [-0.2, 0) is 4.74 Å². The molecule has 0 unspecified atom stereocenters. The average molecular weight is 221 g/mol. The Balaban J connectivity index is 2.49. The second-order valence-electron chi connectivity index (χ2n) is 4.92. The standard InChI is InChI=1S/C11H21F2NO/c1-9(2)15-8-10(7-14)3-5-11(12,13)6-4-10/h9H,3-8,14H2,1-2H3. The number of alkyl halides is 2. The summed E-state index contributed by atoms with van der Waals surface area (Å²) in [5.74, 6) is -2.49. The van der Waals surface area contributed by atoms with Crippen LogP contribution in [0.5, 0.6) is 0 Å². The van der Waals surface area contributed by atoms with E-state index in [0.29, 0.717) is 26.0 Å². The maximum Gasteiger partial charge on any atom is 0.248 e. The lowest BCUT2D eigenvalue weighted by atomic mass is 9.73. The van der Waals surface area contributed by atoms with Gasteiger partial charge in [0.1, 0.15) is 0 Å². The van der Waals surface area contributed by atoms with E-state index >= 15 is 0 Å². The highest BCUT2D eigenvalue weighted by atomic mass is 19.3. The Morgan fingerprint density at radius 3 is 2.13 bits per heavy atom. The molecular weight excluding hydrogens is 200 g/mol. The van der Waals surface area contributed by atoms with E-state index in [-0.39, 0.29) is 24.4 Å². The molecule has 1 rings (SSSR count). The third kappa shape index (κ3) is 3.68. The summed E-state index contributed by atoms with van der Waals surface area (Å²) in [5.41, 5.74) is 5.47. The molecule has 15 heavy (non-hydrogen) atoms. The van der Waals surface area contributed by atoms with Gasteiger partial charge in [-0.2, -0.15) is 0 Å². The van der Waals surface area contributed by atoms with Gasteiger partial charge in [-0.1, -0.05) is 0 Å². The summed E-state index contributed by atoms with van der Waals surface area (Å²) in [5, 5.41) is 0. The van der Waals surface area contributed by atoms with Crippen LogP contribution in [0.15, 0.2) is 0 Å². The normalized spacial score (nSPS) is 24.4. The van der Waals surface area contributed by atoms with Crippen molar-refractivity contribution < 1.29 is 13.5 Å². The van der Waals surface area contributed by atoms with Gasteiger partial charge >= 0.3 is 0 Å². The molecule has 1 saturated carbocycles. The molecule has 0 atom stereocenters. The number of hydrogen-bond donors (Lipinski definition) is 1. The second kappa shape index (κ2) is 4.74. The van der Waals surface area contributed by atoms with E-state index in [4.69, 9.17) is 10.5 Å². The monoisotopic (exact) mass is 221 g/mol. The third-order valence-corrected chi connectivity index (χ3v) is 3.20. The zero-order valence-corrected chi connectivity index (χ0v) is 9.56. The molecule has 0 saturated heterocycles. The molecule has 2 N–H and O–H groups in total. The van der Waals surface area contributed by atoms with E-state index in [1.165, 1.54) is 0 Å². The van der Waals surface area contributed by atoms with Crippen molar-refractivity contribution in [3.05, 3.63) is 0 Å². The Hall–Kier alpha value is -0.220. The quantitative estimate of drug-likeness (QED) is 0.791. The molecule has 0 aromatic heterocycles. The Labute approximate surface area is 90.2 Å². The number of ether oxygens (including phenoxy) is 1. The van der Waals surface area contributed by atoms with E-state index in [2.05, 4.69) is 0 Å². The minimum absolute atomic E-state index is 0.0499. The average Bonchev–Trinajstić information content (AvgIpc) is 2.17. The van der Waals surface area contributed by atoms with Gasteiger partial charge in [0, 0.05) is 24.8 Å². The van der Waals surface area contributed by atoms with Crippen molar-refractivity contribution >= 4 is 0 Å². The molecule has 0 radical (unpaired) electrons. The third-order valence-electron chi connectivity index (χ3n) is 3.20. The molecule has 2 nitrogen and oxygen atoms in total. The van der Waals surface area contributed by atoms with Crippen molar-refractivity contribution in [2.24, 2.45) is 11.1 Å². The summed E-state index contributed by atoms with van der Waals surface area (Å²) in [6, 6.07) is 0. The summed E-state index contributed by atoms with van der Waals surface area (Å²) in [7, 11) is 0. The van der Waals surface area contributed by atoms with Crippen molar-refractivity contribution in [3.63, 3.8) is 0 Å². The molecule has 0 amide bonds. The van der Waals surface area contributed by atoms with Crippen LogP contribution in [0.2, 0.25) is 0 Å². The lowest BCUT2D eigenvalue weighted by Gasteiger charge is -2.39. The SMILES string of the molecule is CC(C)OCC1(CN)CCC(F)(F)CC1. The van der Waals surface area contributed by atoms with Crippen molar-refractivity contribution in [2.75, 3.05) is 13.2 Å². The first kappa shape index (κ1) is 12.8. The molecule has 0 aromatic carbocycles. The molecule has 4 heteroatoms. The Morgan fingerprint density at radius 2 is 1.73 bits per heavy atom. The molecule has 0 aromatic rings. The number of halogens is 2. The van der Waals surface area contributed by atoms with Gasteiger partial charge in [-0.3, -0.25) is 0 Å². The number of nitrogens with two attached hydrogens (primary N) is 1. The predicted molar refractivity (Wildman–Crippen MR) is 56.0 cm³/mol. The Bertz CT molecular complexity index is 191. The highest BCUT2D eigenvalue weighted by Gasteiger charge is 2.42. The van der Waals surface area contributed by atoms with Gasteiger partial charge < -0.3 is 10.5 Å². The van der Waals surface area contributed by atoms with Crippen LogP contribution in [-0.4, -0.2) is 25.2 Å². The summed E-state index contributed by atoms with van der Waals surface area (Å²) in [6.07, 6.45) is 0.986. The highest BCUT2D eigenvalue weighted by molar-refractivity contribution is 4.89. The molecule has 0 spiro atoms. The van der Waals surface area contributed by atoms with E-state index in [1.54, 1.807) is 0 Å². The lowest BCUT2D eigenvalue weighted by molar-refractivity contribution is -0.0899. The molecule has 0 heterocycles. The van der Waals surface area contributed by atoms with Gasteiger partial charge in [0.2, 0.25) is 5.92 Å². The zero-order chi connectivity index (χ0) is 11.5. The van der Waals surface area contributed by atoms with Crippen molar-refractivity contribution in [3.8, 4) is 0 Å². The van der Waals surface area contributed by atoms with Crippen molar-refractivity contribution in [2.45, 2.75) is 51.6 Å². The van der Waals surface area contributed by atoms with Crippen LogP contribution in [0, 0.1) is 5.41 Å². The maximum absolute atomic E-state index is 13.0. The minimum Gasteiger partial charge on any atom is -0.378 e. The van der Waals surface area contributed by atoms with Crippen LogP contribution in [0.4, 0.5) is 8.78 Å². The first-order valence-electron chi connectivity index (χ1n) is 5.59. The van der Waals surface area contributed by atoms with Crippen LogP contribution >= 0.6 is 0 Å². The van der Waals surface area contributed by atoms with Gasteiger partial charge in [0.15, 0.2) is 0 Å². The summed E-state index contributed by atoms with van der Waals surface area (Å²) in [4.78, 5) is 0. The number of hydrogen-bond acceptors (Lipinski definition) is 2. The molecule has 0 aliphatic heterocycles. The van der Waals surface area contributed by atoms with E-state index < -0.39 is 5.92 Å². The van der Waals surface area contributed by atoms with Crippen LogP contribution in [0.25, 0.3) is 0 Å². The molecule has 0 bridgehead atoms. The summed E-state index contributed by atoms with van der Waals surface area (Å²) < 4.78 is 31.5. The van der Waals surface area contributed by atoms with Gasteiger partial charge in [-0.25, -0.2) is 8.78 Å². The molecule has 1 aliphatic rings. The number of rotatable bonds is 4. The highest BCUT2D eigenvalue weighted by Crippen LogP contribution is 2.43. The summed E-state index contributed by atoms with van der Waals surface area (Å²) >= 11 is 0. The smallest absolute Gasteiger partial charge is 0.248 e. The zero-order valence-electron chi connectivity index (χ0n) is 9.56. The Kier molecular flexibility index (Phi) is 4.06. The molecule has 1 aliphatic carbocycles. The second-order valence-corrected chi connectivity index (χ2v) is 4.92. The van der Waals surface area contributed by atoms with Crippen molar-refractivity contribution in [1.29, 1.82) is 0 Å². The fourth-order valence-corrected chi connectivity index (χ4v) is 1.90. The van der Waals surface area contributed by atoms with E-state index in [0.717, 1.165) is 0 Å². The van der Waals surface area contributed by atoms with Crippen molar-refractivity contribution in [1.82, 2.24) is 0 Å². The van der Waals surface area contributed by atoms with Crippen LogP contribution in [0.3, 0.4) is 0 Å². The minimum atomic E-state index is -2.49. The van der Waals surface area contributed by atoms with Crippen LogP contribution in [0.1, 0.15) is 39.5 Å². The predicted octanol–water partition coefficient (Wildman–Crippen LogP) is 2.57. The topological polar surface area (TPSA) is 35.2 Å². The van der Waals surface area contributed by atoms with E-state index in [1.807, 2.05) is 13.8 Å². The molecule has 90 valence electrons. The van der Waals surface area contributed by atoms with E-state index in [9.17, 15) is 8.78 Å². The van der Waals surface area contributed by atoms with Gasteiger partial charge in [-0.15, -0.1) is 0 Å². The first-order valence-corrected chi connectivity index (χ1v) is 5.59.